The van der Waals surface area contributed by atoms with E-state index in [-0.39, 0.29) is 11.8 Å². The normalized spacial score (nSPS) is 13.6. The molecule has 0 radical (unpaired) electrons. The lowest BCUT2D eigenvalue weighted by atomic mass is 9.98. The molecule has 3 N–H and O–H groups in total. The van der Waals surface area contributed by atoms with Crippen molar-refractivity contribution in [1.29, 1.82) is 0 Å². The molecule has 110 valence electrons. The van der Waals surface area contributed by atoms with Crippen LogP contribution in [0, 0.1) is 5.92 Å². The SMILES string of the molecule is CC[C@@H](C)[C@H](NC(=O)c1ccnc2ccccc12)C(N)=O. The van der Waals surface area contributed by atoms with Gasteiger partial charge in [0.05, 0.1) is 11.1 Å². The number of nitrogens with two attached hydrogens (primary N) is 1. The second-order valence-electron chi connectivity index (χ2n) is 5.11. The Balaban J connectivity index is 2.32. The maximum Gasteiger partial charge on any atom is 0.252 e. The molecule has 5 heteroatoms. The summed E-state index contributed by atoms with van der Waals surface area (Å²) in [6.07, 6.45) is 2.34. The average molecular weight is 285 g/mol. The second-order valence-corrected chi connectivity index (χ2v) is 5.11. The van der Waals surface area contributed by atoms with Gasteiger partial charge in [-0.2, -0.15) is 0 Å². The predicted octanol–water partition coefficient (Wildman–Crippen LogP) is 1.86. The summed E-state index contributed by atoms with van der Waals surface area (Å²) in [6.45, 7) is 3.84. The van der Waals surface area contributed by atoms with Gasteiger partial charge >= 0.3 is 0 Å². The van der Waals surface area contributed by atoms with Crippen LogP contribution in [0.4, 0.5) is 0 Å². The summed E-state index contributed by atoms with van der Waals surface area (Å²) in [7, 11) is 0. The summed E-state index contributed by atoms with van der Waals surface area (Å²) in [5.74, 6) is -0.840. The predicted molar refractivity (Wildman–Crippen MR) is 81.6 cm³/mol. The Hall–Kier alpha value is -2.43. The van der Waals surface area contributed by atoms with Crippen molar-refractivity contribution < 1.29 is 9.59 Å². The van der Waals surface area contributed by atoms with E-state index >= 15 is 0 Å². The molecule has 2 atom stereocenters. The molecule has 0 aliphatic heterocycles. The van der Waals surface area contributed by atoms with E-state index in [1.54, 1.807) is 12.3 Å². The number of pyridine rings is 1. The molecule has 21 heavy (non-hydrogen) atoms. The van der Waals surface area contributed by atoms with E-state index in [9.17, 15) is 9.59 Å². The summed E-state index contributed by atoms with van der Waals surface area (Å²) in [5, 5.41) is 3.49. The van der Waals surface area contributed by atoms with Gasteiger partial charge in [-0.15, -0.1) is 0 Å². The Kier molecular flexibility index (Phi) is 4.52. The highest BCUT2D eigenvalue weighted by molar-refractivity contribution is 6.07. The number of hydrogen-bond donors (Lipinski definition) is 2. The number of aromatic nitrogens is 1. The molecule has 1 aromatic heterocycles. The minimum Gasteiger partial charge on any atom is -0.368 e. The number of carbonyl (C=O) groups is 2. The molecule has 2 amide bonds. The van der Waals surface area contributed by atoms with Gasteiger partial charge in [-0.25, -0.2) is 0 Å². The molecule has 0 fully saturated rings. The number of amides is 2. The standard InChI is InChI=1S/C16H19N3O2/c1-3-10(2)14(15(17)20)19-16(21)12-8-9-18-13-7-5-4-6-11(12)13/h4-10,14H,3H2,1-2H3,(H2,17,20)(H,19,21)/t10-,14+/m1/s1. The zero-order chi connectivity index (χ0) is 15.4. The Labute approximate surface area is 123 Å². The van der Waals surface area contributed by atoms with Crippen molar-refractivity contribution >= 4 is 22.7 Å². The number of fused-ring (bicyclic) bond motifs is 1. The monoisotopic (exact) mass is 285 g/mol. The summed E-state index contributed by atoms with van der Waals surface area (Å²) >= 11 is 0. The third kappa shape index (κ3) is 3.18. The first-order valence-electron chi connectivity index (χ1n) is 6.98. The van der Waals surface area contributed by atoms with E-state index in [2.05, 4.69) is 10.3 Å². The average Bonchev–Trinajstić information content (AvgIpc) is 2.50. The number of para-hydroxylation sites is 1. The van der Waals surface area contributed by atoms with Crippen molar-refractivity contribution in [3.63, 3.8) is 0 Å². The van der Waals surface area contributed by atoms with Gasteiger partial charge in [-0.05, 0) is 18.1 Å². The quantitative estimate of drug-likeness (QED) is 0.879. The van der Waals surface area contributed by atoms with E-state index in [1.165, 1.54) is 0 Å². The number of primary amides is 1. The third-order valence-electron chi connectivity index (χ3n) is 3.70. The topological polar surface area (TPSA) is 85.1 Å². The molecule has 5 nitrogen and oxygen atoms in total. The van der Waals surface area contributed by atoms with Gasteiger partial charge in [0.25, 0.3) is 5.91 Å². The highest BCUT2D eigenvalue weighted by atomic mass is 16.2. The largest absolute Gasteiger partial charge is 0.368 e. The van der Waals surface area contributed by atoms with Crippen LogP contribution in [0.1, 0.15) is 30.6 Å². The van der Waals surface area contributed by atoms with E-state index in [4.69, 9.17) is 5.73 Å². The van der Waals surface area contributed by atoms with E-state index in [0.29, 0.717) is 5.56 Å². The van der Waals surface area contributed by atoms with Crippen LogP contribution in [0.15, 0.2) is 36.5 Å². The molecule has 1 aromatic carbocycles. The number of hydrogen-bond acceptors (Lipinski definition) is 3. The summed E-state index contributed by atoms with van der Waals surface area (Å²) in [6, 6.07) is 8.36. The minimum atomic E-state index is -0.672. The highest BCUT2D eigenvalue weighted by Gasteiger charge is 2.24. The first-order valence-corrected chi connectivity index (χ1v) is 6.98. The maximum absolute atomic E-state index is 12.4. The second kappa shape index (κ2) is 6.35. The minimum absolute atomic E-state index is 0.0143. The Bertz CT molecular complexity index is 664. The molecule has 0 aliphatic carbocycles. The molecule has 2 aromatic rings. The van der Waals surface area contributed by atoms with Crippen molar-refractivity contribution in [3.8, 4) is 0 Å². The van der Waals surface area contributed by atoms with E-state index in [0.717, 1.165) is 17.3 Å². The third-order valence-corrected chi connectivity index (χ3v) is 3.70. The van der Waals surface area contributed by atoms with Crippen molar-refractivity contribution in [2.75, 3.05) is 0 Å². The van der Waals surface area contributed by atoms with Crippen LogP contribution in [0.5, 0.6) is 0 Å². The van der Waals surface area contributed by atoms with Gasteiger partial charge in [0.1, 0.15) is 6.04 Å². The molecular formula is C16H19N3O2. The molecule has 2 rings (SSSR count). The number of nitrogens with zero attached hydrogens (tertiary/aromatic N) is 1. The molecule has 0 saturated heterocycles. The fourth-order valence-corrected chi connectivity index (χ4v) is 2.24. The van der Waals surface area contributed by atoms with Crippen LogP contribution >= 0.6 is 0 Å². The van der Waals surface area contributed by atoms with Gasteiger partial charge in [0.2, 0.25) is 5.91 Å². The first-order chi connectivity index (χ1) is 10.0. The van der Waals surface area contributed by atoms with Gasteiger partial charge < -0.3 is 11.1 Å². The zero-order valence-corrected chi connectivity index (χ0v) is 12.2. The number of carbonyl (C=O) groups excluding carboxylic acids is 2. The molecule has 0 saturated carbocycles. The van der Waals surface area contributed by atoms with E-state index in [1.807, 2.05) is 38.1 Å². The summed E-state index contributed by atoms with van der Waals surface area (Å²) in [5.41, 5.74) is 6.62. The van der Waals surface area contributed by atoms with Gasteiger partial charge in [0, 0.05) is 11.6 Å². The van der Waals surface area contributed by atoms with Crippen LogP contribution in [0.3, 0.4) is 0 Å². The smallest absolute Gasteiger partial charge is 0.252 e. The summed E-state index contributed by atoms with van der Waals surface area (Å²) < 4.78 is 0. The molecule has 0 spiro atoms. The Morgan fingerprint density at radius 1 is 1.29 bits per heavy atom. The fraction of sp³-hybridized carbons (Fsp3) is 0.312. The van der Waals surface area contributed by atoms with E-state index < -0.39 is 11.9 Å². The Morgan fingerprint density at radius 3 is 2.67 bits per heavy atom. The van der Waals surface area contributed by atoms with Crippen molar-refractivity contribution in [2.24, 2.45) is 11.7 Å². The van der Waals surface area contributed by atoms with Gasteiger partial charge in [0.15, 0.2) is 0 Å². The Morgan fingerprint density at radius 2 is 2.00 bits per heavy atom. The van der Waals surface area contributed by atoms with Crippen LogP contribution < -0.4 is 11.1 Å². The zero-order valence-electron chi connectivity index (χ0n) is 12.2. The number of benzene rings is 1. The van der Waals surface area contributed by atoms with Crippen molar-refractivity contribution in [3.05, 3.63) is 42.1 Å². The molecule has 1 heterocycles. The molecular weight excluding hydrogens is 266 g/mol. The molecule has 0 aliphatic rings. The molecule has 0 bridgehead atoms. The van der Waals surface area contributed by atoms with Gasteiger partial charge in [-0.1, -0.05) is 38.5 Å². The van der Waals surface area contributed by atoms with Crippen LogP contribution in [-0.4, -0.2) is 22.8 Å². The van der Waals surface area contributed by atoms with Gasteiger partial charge in [-0.3, -0.25) is 14.6 Å². The van der Waals surface area contributed by atoms with Crippen LogP contribution in [-0.2, 0) is 4.79 Å². The fourth-order valence-electron chi connectivity index (χ4n) is 2.24. The molecule has 0 unspecified atom stereocenters. The lowest BCUT2D eigenvalue weighted by Gasteiger charge is -2.21. The lowest BCUT2D eigenvalue weighted by Crippen LogP contribution is -2.48. The highest BCUT2D eigenvalue weighted by Crippen LogP contribution is 2.17. The van der Waals surface area contributed by atoms with Crippen LogP contribution in [0.25, 0.3) is 10.9 Å². The van der Waals surface area contributed by atoms with Crippen LogP contribution in [0.2, 0.25) is 0 Å². The van der Waals surface area contributed by atoms with Crippen molar-refractivity contribution in [1.82, 2.24) is 10.3 Å². The maximum atomic E-state index is 12.4. The summed E-state index contributed by atoms with van der Waals surface area (Å²) in [4.78, 5) is 28.2. The number of nitrogens with one attached hydrogen (secondary N) is 1. The number of rotatable bonds is 5. The first kappa shape index (κ1) is 15.0. The van der Waals surface area contributed by atoms with Crippen molar-refractivity contribution in [2.45, 2.75) is 26.3 Å². The lowest BCUT2D eigenvalue weighted by molar-refractivity contribution is -0.120.